The van der Waals surface area contributed by atoms with E-state index in [1.807, 2.05) is 29.6 Å². The highest BCUT2D eigenvalue weighted by atomic mass is 32.2. The molecule has 130 valence electrons. The van der Waals surface area contributed by atoms with Gasteiger partial charge in [0.1, 0.15) is 10.8 Å². The number of hydrogen-bond acceptors (Lipinski definition) is 6. The molecule has 8 heteroatoms. The molecule has 1 aliphatic rings. The smallest absolute Gasteiger partial charge is 0.211 e. The lowest BCUT2D eigenvalue weighted by molar-refractivity contribution is 0.415. The molecule has 2 aromatic rings. The number of nitrogens with zero attached hydrogens (tertiary/aromatic N) is 2. The number of hydrogen-bond donors (Lipinski definition) is 1. The third kappa shape index (κ3) is 4.13. The van der Waals surface area contributed by atoms with E-state index in [0.29, 0.717) is 19.6 Å². The second-order valence-electron chi connectivity index (χ2n) is 5.86. The summed E-state index contributed by atoms with van der Waals surface area (Å²) in [5.74, 6) is 0.828. The number of methoxy groups -OCH3 is 1. The Morgan fingerprint density at radius 3 is 2.75 bits per heavy atom. The fraction of sp³-hybridized carbons (Fsp3) is 0.438. The Morgan fingerprint density at radius 2 is 2.12 bits per heavy atom. The number of rotatable bonds is 6. The van der Waals surface area contributed by atoms with E-state index >= 15 is 0 Å². The molecular weight excluding hydrogens is 346 g/mol. The summed E-state index contributed by atoms with van der Waals surface area (Å²) >= 11 is 1.61. The molecule has 1 N–H and O–H groups in total. The van der Waals surface area contributed by atoms with Gasteiger partial charge in [-0.25, -0.2) is 17.7 Å². The minimum absolute atomic E-state index is 0.186. The largest absolute Gasteiger partial charge is 0.497 e. The molecule has 2 heterocycles. The topological polar surface area (TPSA) is 71.5 Å². The zero-order chi connectivity index (χ0) is 17.2. The minimum atomic E-state index is -3.09. The number of thiazole rings is 1. The van der Waals surface area contributed by atoms with Crippen LogP contribution < -0.4 is 10.1 Å². The van der Waals surface area contributed by atoms with Crippen molar-refractivity contribution in [1.29, 1.82) is 0 Å². The van der Waals surface area contributed by atoms with Crippen LogP contribution in [0.5, 0.6) is 5.75 Å². The summed E-state index contributed by atoms with van der Waals surface area (Å²) in [5.41, 5.74) is 2.04. The van der Waals surface area contributed by atoms with Gasteiger partial charge in [-0.15, -0.1) is 11.3 Å². The first-order chi connectivity index (χ1) is 11.5. The number of ether oxygens (including phenoxy) is 1. The fourth-order valence-corrected chi connectivity index (χ4v) is 4.41. The Morgan fingerprint density at radius 1 is 1.38 bits per heavy atom. The van der Waals surface area contributed by atoms with E-state index in [1.54, 1.807) is 18.4 Å². The first-order valence-corrected chi connectivity index (χ1v) is 10.5. The number of aromatic nitrogens is 1. The van der Waals surface area contributed by atoms with E-state index in [1.165, 1.54) is 10.6 Å². The third-order valence-electron chi connectivity index (χ3n) is 4.08. The molecule has 0 saturated carbocycles. The van der Waals surface area contributed by atoms with Gasteiger partial charge in [0.25, 0.3) is 0 Å². The van der Waals surface area contributed by atoms with Crippen molar-refractivity contribution in [3.05, 3.63) is 35.3 Å². The van der Waals surface area contributed by atoms with Gasteiger partial charge < -0.3 is 10.1 Å². The summed E-state index contributed by atoms with van der Waals surface area (Å²) in [6.07, 6.45) is 2.10. The van der Waals surface area contributed by atoms with E-state index < -0.39 is 10.0 Å². The van der Waals surface area contributed by atoms with E-state index in [9.17, 15) is 8.42 Å². The maximum atomic E-state index is 11.5. The molecule has 1 aliphatic heterocycles. The Balaban J connectivity index is 1.57. The average Bonchev–Trinajstić information content (AvgIpc) is 3.22. The van der Waals surface area contributed by atoms with Crippen LogP contribution in [0.15, 0.2) is 29.6 Å². The Hall–Kier alpha value is -1.48. The van der Waals surface area contributed by atoms with Crippen molar-refractivity contribution in [3.63, 3.8) is 0 Å². The zero-order valence-corrected chi connectivity index (χ0v) is 15.4. The van der Waals surface area contributed by atoms with Gasteiger partial charge in [-0.2, -0.15) is 0 Å². The van der Waals surface area contributed by atoms with Crippen LogP contribution in [0.4, 0.5) is 0 Å². The Bertz CT molecular complexity index is 787. The summed E-state index contributed by atoms with van der Waals surface area (Å²) in [4.78, 5) is 4.65. The SMILES string of the molecule is COc1ccc(-c2nc(CNC3CCN(S(C)(=O)=O)C3)cs2)cc1. The molecule has 1 atom stereocenters. The van der Waals surface area contributed by atoms with Crippen LogP contribution in [0, 0.1) is 0 Å². The van der Waals surface area contributed by atoms with Crippen LogP contribution in [0.25, 0.3) is 10.6 Å². The van der Waals surface area contributed by atoms with Crippen molar-refractivity contribution in [1.82, 2.24) is 14.6 Å². The van der Waals surface area contributed by atoms with E-state index in [4.69, 9.17) is 4.74 Å². The van der Waals surface area contributed by atoms with Gasteiger partial charge >= 0.3 is 0 Å². The number of nitrogens with one attached hydrogen (secondary N) is 1. The second kappa shape index (κ2) is 7.18. The van der Waals surface area contributed by atoms with Crippen LogP contribution in [-0.4, -0.2) is 50.2 Å². The second-order valence-corrected chi connectivity index (χ2v) is 8.70. The Labute approximate surface area is 146 Å². The third-order valence-corrected chi connectivity index (χ3v) is 6.29. The first-order valence-electron chi connectivity index (χ1n) is 7.73. The van der Waals surface area contributed by atoms with E-state index in [0.717, 1.165) is 28.4 Å². The number of sulfonamides is 1. The van der Waals surface area contributed by atoms with E-state index in [-0.39, 0.29) is 6.04 Å². The van der Waals surface area contributed by atoms with E-state index in [2.05, 4.69) is 10.3 Å². The molecule has 1 fully saturated rings. The molecule has 0 bridgehead atoms. The molecule has 0 radical (unpaired) electrons. The highest BCUT2D eigenvalue weighted by Gasteiger charge is 2.28. The zero-order valence-electron chi connectivity index (χ0n) is 13.7. The average molecular weight is 367 g/mol. The summed E-state index contributed by atoms with van der Waals surface area (Å²) in [6, 6.07) is 8.02. The lowest BCUT2D eigenvalue weighted by Crippen LogP contribution is -2.34. The van der Waals surface area contributed by atoms with Gasteiger partial charge in [0.2, 0.25) is 10.0 Å². The summed E-state index contributed by atoms with van der Waals surface area (Å²) in [7, 11) is -1.44. The molecule has 3 rings (SSSR count). The van der Waals surface area contributed by atoms with Crippen molar-refractivity contribution in [3.8, 4) is 16.3 Å². The highest BCUT2D eigenvalue weighted by Crippen LogP contribution is 2.25. The highest BCUT2D eigenvalue weighted by molar-refractivity contribution is 7.88. The quantitative estimate of drug-likeness (QED) is 0.845. The molecule has 24 heavy (non-hydrogen) atoms. The van der Waals surface area contributed by atoms with Gasteiger partial charge in [0, 0.05) is 36.6 Å². The van der Waals surface area contributed by atoms with Crippen molar-refractivity contribution in [2.45, 2.75) is 19.0 Å². The maximum absolute atomic E-state index is 11.5. The first kappa shape index (κ1) is 17.3. The van der Waals surface area contributed by atoms with Crippen LogP contribution in [0.3, 0.4) is 0 Å². The molecule has 1 unspecified atom stereocenters. The standard InChI is InChI=1S/C16H21N3O3S2/c1-22-15-5-3-12(4-6-15)16-18-14(11-23-16)9-17-13-7-8-19(10-13)24(2,20)21/h3-6,11,13,17H,7-10H2,1-2H3. The predicted molar refractivity (Wildman–Crippen MR) is 95.8 cm³/mol. The Kier molecular flexibility index (Phi) is 5.19. The van der Waals surface area contributed by atoms with Crippen LogP contribution >= 0.6 is 11.3 Å². The van der Waals surface area contributed by atoms with Gasteiger partial charge in [-0.05, 0) is 30.7 Å². The summed E-state index contributed by atoms with van der Waals surface area (Å²) < 4.78 is 29.8. The minimum Gasteiger partial charge on any atom is -0.497 e. The van der Waals surface area contributed by atoms with Crippen molar-refractivity contribution < 1.29 is 13.2 Å². The molecule has 0 spiro atoms. The van der Waals surface area contributed by atoms with Crippen LogP contribution in [0.1, 0.15) is 12.1 Å². The lowest BCUT2D eigenvalue weighted by atomic mass is 10.2. The fourth-order valence-electron chi connectivity index (χ4n) is 2.70. The van der Waals surface area contributed by atoms with Gasteiger partial charge in [-0.3, -0.25) is 0 Å². The van der Waals surface area contributed by atoms with Crippen molar-refractivity contribution >= 4 is 21.4 Å². The lowest BCUT2D eigenvalue weighted by Gasteiger charge is -2.13. The van der Waals surface area contributed by atoms with Crippen LogP contribution in [-0.2, 0) is 16.6 Å². The molecular formula is C16H21N3O3S2. The normalized spacial score (nSPS) is 18.8. The summed E-state index contributed by atoms with van der Waals surface area (Å²) in [6.45, 7) is 1.77. The number of benzene rings is 1. The van der Waals surface area contributed by atoms with Crippen LogP contribution in [0.2, 0.25) is 0 Å². The molecule has 1 saturated heterocycles. The molecule has 0 amide bonds. The van der Waals surface area contributed by atoms with Gasteiger partial charge in [0.15, 0.2) is 0 Å². The molecule has 1 aromatic carbocycles. The van der Waals surface area contributed by atoms with Crippen molar-refractivity contribution in [2.24, 2.45) is 0 Å². The molecule has 0 aliphatic carbocycles. The van der Waals surface area contributed by atoms with Gasteiger partial charge in [0.05, 0.1) is 19.1 Å². The maximum Gasteiger partial charge on any atom is 0.211 e. The van der Waals surface area contributed by atoms with Crippen molar-refractivity contribution in [2.75, 3.05) is 26.5 Å². The predicted octanol–water partition coefficient (Wildman–Crippen LogP) is 1.94. The molecule has 6 nitrogen and oxygen atoms in total. The molecule has 1 aromatic heterocycles. The van der Waals surface area contributed by atoms with Gasteiger partial charge in [-0.1, -0.05) is 0 Å². The summed E-state index contributed by atoms with van der Waals surface area (Å²) in [5, 5.41) is 6.41. The monoisotopic (exact) mass is 367 g/mol.